The van der Waals surface area contributed by atoms with E-state index in [9.17, 15) is 4.79 Å². The van der Waals surface area contributed by atoms with E-state index in [-0.39, 0.29) is 11.8 Å². The molecule has 2 aliphatic carbocycles. The SMILES string of the molecule is COc1ccc(NC(=O)C2[C@H]3CC/C=C/CC[C@H]23)cc1. The van der Waals surface area contributed by atoms with Gasteiger partial charge in [0.05, 0.1) is 7.11 Å². The summed E-state index contributed by atoms with van der Waals surface area (Å²) in [5, 5.41) is 3.04. The van der Waals surface area contributed by atoms with E-state index in [4.69, 9.17) is 4.74 Å². The number of anilines is 1. The first-order valence-corrected chi connectivity index (χ1v) is 7.39. The van der Waals surface area contributed by atoms with Gasteiger partial charge in [0.2, 0.25) is 5.91 Å². The van der Waals surface area contributed by atoms with Crippen LogP contribution in [0.15, 0.2) is 36.4 Å². The predicted octanol–water partition coefficient (Wildman–Crippen LogP) is 3.63. The number of allylic oxidation sites excluding steroid dienone is 2. The third kappa shape index (κ3) is 2.72. The van der Waals surface area contributed by atoms with Gasteiger partial charge < -0.3 is 10.1 Å². The van der Waals surface area contributed by atoms with E-state index < -0.39 is 0 Å². The predicted molar refractivity (Wildman–Crippen MR) is 79.7 cm³/mol. The first-order chi connectivity index (χ1) is 9.79. The second kappa shape index (κ2) is 5.70. The molecule has 0 heterocycles. The Hall–Kier alpha value is -1.77. The van der Waals surface area contributed by atoms with Crippen molar-refractivity contribution < 1.29 is 9.53 Å². The lowest BCUT2D eigenvalue weighted by molar-refractivity contribution is -0.117. The standard InChI is InChI=1S/C17H21NO2/c1-20-13-10-8-12(9-11-13)18-17(19)16-14-6-4-2-3-5-7-15(14)16/h2-3,8-11,14-16H,4-7H2,1H3,(H,18,19)/b3-2+/t14-,15-/m0/s1. The number of benzene rings is 1. The Morgan fingerprint density at radius 2 is 1.70 bits per heavy atom. The minimum absolute atomic E-state index is 0.187. The van der Waals surface area contributed by atoms with Crippen LogP contribution in [0.1, 0.15) is 25.7 Å². The number of methoxy groups -OCH3 is 1. The molecule has 2 atom stereocenters. The van der Waals surface area contributed by atoms with Gasteiger partial charge in [0.15, 0.2) is 0 Å². The third-order valence-electron chi connectivity index (χ3n) is 4.49. The van der Waals surface area contributed by atoms with Gasteiger partial charge in [-0.1, -0.05) is 12.2 Å². The Bertz CT molecular complexity index is 490. The van der Waals surface area contributed by atoms with Gasteiger partial charge in [0.1, 0.15) is 5.75 Å². The summed E-state index contributed by atoms with van der Waals surface area (Å²) in [7, 11) is 1.64. The second-order valence-electron chi connectivity index (χ2n) is 5.70. The smallest absolute Gasteiger partial charge is 0.228 e. The minimum atomic E-state index is 0.187. The number of ether oxygens (including phenoxy) is 1. The van der Waals surface area contributed by atoms with Crippen LogP contribution in [0.4, 0.5) is 5.69 Å². The Balaban J connectivity index is 1.59. The van der Waals surface area contributed by atoms with E-state index >= 15 is 0 Å². The lowest BCUT2D eigenvalue weighted by Gasteiger charge is -2.06. The van der Waals surface area contributed by atoms with Gasteiger partial charge in [-0.25, -0.2) is 0 Å². The Morgan fingerprint density at radius 1 is 1.10 bits per heavy atom. The van der Waals surface area contributed by atoms with Crippen molar-refractivity contribution in [1.29, 1.82) is 0 Å². The van der Waals surface area contributed by atoms with Crippen LogP contribution >= 0.6 is 0 Å². The maximum Gasteiger partial charge on any atom is 0.228 e. The number of carbonyl (C=O) groups excluding carboxylic acids is 1. The molecule has 0 unspecified atom stereocenters. The highest BCUT2D eigenvalue weighted by atomic mass is 16.5. The van der Waals surface area contributed by atoms with Crippen molar-refractivity contribution in [3.63, 3.8) is 0 Å². The van der Waals surface area contributed by atoms with Gasteiger partial charge in [0, 0.05) is 11.6 Å². The molecule has 1 aromatic rings. The molecular weight excluding hydrogens is 250 g/mol. The van der Waals surface area contributed by atoms with Gasteiger partial charge in [0.25, 0.3) is 0 Å². The van der Waals surface area contributed by atoms with E-state index in [2.05, 4.69) is 17.5 Å². The van der Waals surface area contributed by atoms with Crippen LogP contribution in [0.25, 0.3) is 0 Å². The molecule has 0 aromatic heterocycles. The number of hydrogen-bond acceptors (Lipinski definition) is 2. The molecule has 2 aliphatic rings. The summed E-state index contributed by atoms with van der Waals surface area (Å²) in [4.78, 5) is 12.4. The average Bonchev–Trinajstić information content (AvgIpc) is 3.11. The lowest BCUT2D eigenvalue weighted by atomic mass is 10.1. The molecule has 0 bridgehead atoms. The van der Waals surface area contributed by atoms with Crippen molar-refractivity contribution in [3.8, 4) is 5.75 Å². The normalized spacial score (nSPS) is 29.6. The molecule has 3 rings (SSSR count). The molecule has 3 nitrogen and oxygen atoms in total. The fourth-order valence-electron chi connectivity index (χ4n) is 3.33. The average molecular weight is 271 g/mol. The highest BCUT2D eigenvalue weighted by Gasteiger charge is 2.53. The number of nitrogens with one attached hydrogen (secondary N) is 1. The number of amides is 1. The number of fused-ring (bicyclic) bond motifs is 1. The topological polar surface area (TPSA) is 38.3 Å². The molecular formula is C17H21NO2. The lowest BCUT2D eigenvalue weighted by Crippen LogP contribution is -2.15. The first-order valence-electron chi connectivity index (χ1n) is 7.39. The largest absolute Gasteiger partial charge is 0.497 e. The molecule has 1 amide bonds. The summed E-state index contributed by atoms with van der Waals surface area (Å²) in [6, 6.07) is 7.52. The number of rotatable bonds is 3. The van der Waals surface area contributed by atoms with Crippen molar-refractivity contribution in [2.45, 2.75) is 25.7 Å². The van der Waals surface area contributed by atoms with Crippen LogP contribution in [0.5, 0.6) is 5.75 Å². The van der Waals surface area contributed by atoms with Gasteiger partial charge >= 0.3 is 0 Å². The van der Waals surface area contributed by atoms with E-state index in [1.54, 1.807) is 7.11 Å². The summed E-state index contributed by atoms with van der Waals surface area (Å²) >= 11 is 0. The maximum atomic E-state index is 12.4. The molecule has 106 valence electrons. The van der Waals surface area contributed by atoms with Crippen LogP contribution in [-0.4, -0.2) is 13.0 Å². The van der Waals surface area contributed by atoms with Gasteiger partial charge in [-0.3, -0.25) is 4.79 Å². The summed E-state index contributed by atoms with van der Waals surface area (Å²) in [5.41, 5.74) is 0.855. The van der Waals surface area contributed by atoms with E-state index in [0.29, 0.717) is 11.8 Å². The first kappa shape index (κ1) is 13.2. The zero-order valence-electron chi connectivity index (χ0n) is 11.8. The molecule has 0 spiro atoms. The fourth-order valence-corrected chi connectivity index (χ4v) is 3.33. The Kier molecular flexibility index (Phi) is 3.77. The van der Waals surface area contributed by atoms with Gasteiger partial charge in [-0.2, -0.15) is 0 Å². The van der Waals surface area contributed by atoms with Crippen LogP contribution in [0.2, 0.25) is 0 Å². The van der Waals surface area contributed by atoms with Gasteiger partial charge in [-0.05, 0) is 61.8 Å². The summed E-state index contributed by atoms with van der Waals surface area (Å²) < 4.78 is 5.12. The molecule has 20 heavy (non-hydrogen) atoms. The van der Waals surface area contributed by atoms with Crippen molar-refractivity contribution >= 4 is 11.6 Å². The van der Waals surface area contributed by atoms with E-state index in [0.717, 1.165) is 37.1 Å². The number of hydrogen-bond donors (Lipinski definition) is 1. The Labute approximate surface area is 120 Å². The summed E-state index contributed by atoms with van der Waals surface area (Å²) in [6.45, 7) is 0. The van der Waals surface area contributed by atoms with Crippen molar-refractivity contribution in [2.24, 2.45) is 17.8 Å². The number of carbonyl (C=O) groups is 1. The van der Waals surface area contributed by atoms with Crippen LogP contribution < -0.4 is 10.1 Å². The fraction of sp³-hybridized carbons (Fsp3) is 0.471. The third-order valence-corrected chi connectivity index (χ3v) is 4.49. The maximum absolute atomic E-state index is 12.4. The van der Waals surface area contributed by atoms with Gasteiger partial charge in [-0.15, -0.1) is 0 Å². The Morgan fingerprint density at radius 3 is 2.25 bits per heavy atom. The molecule has 0 aliphatic heterocycles. The molecule has 1 aromatic carbocycles. The molecule has 1 saturated carbocycles. The molecule has 3 heteroatoms. The highest BCUT2D eigenvalue weighted by Crippen LogP contribution is 2.53. The van der Waals surface area contributed by atoms with E-state index in [1.807, 2.05) is 24.3 Å². The zero-order chi connectivity index (χ0) is 13.9. The summed E-state index contributed by atoms with van der Waals surface area (Å²) in [6.07, 6.45) is 9.06. The van der Waals surface area contributed by atoms with E-state index in [1.165, 1.54) is 0 Å². The quantitative estimate of drug-likeness (QED) is 0.853. The monoisotopic (exact) mass is 271 g/mol. The molecule has 0 saturated heterocycles. The molecule has 1 fully saturated rings. The van der Waals surface area contributed by atoms with Crippen LogP contribution in [-0.2, 0) is 4.79 Å². The zero-order valence-corrected chi connectivity index (χ0v) is 11.8. The van der Waals surface area contributed by atoms with Crippen molar-refractivity contribution in [3.05, 3.63) is 36.4 Å². The highest BCUT2D eigenvalue weighted by molar-refractivity contribution is 5.94. The molecule has 1 N–H and O–H groups in total. The summed E-state index contributed by atoms with van der Waals surface area (Å²) in [5.74, 6) is 2.41. The second-order valence-corrected chi connectivity index (χ2v) is 5.70. The van der Waals surface area contributed by atoms with Crippen molar-refractivity contribution in [1.82, 2.24) is 0 Å². The van der Waals surface area contributed by atoms with Crippen LogP contribution in [0.3, 0.4) is 0 Å². The van der Waals surface area contributed by atoms with Crippen LogP contribution in [0, 0.1) is 17.8 Å². The minimum Gasteiger partial charge on any atom is -0.497 e. The van der Waals surface area contributed by atoms with Crippen molar-refractivity contribution in [2.75, 3.05) is 12.4 Å². The molecule has 0 radical (unpaired) electrons.